The van der Waals surface area contributed by atoms with E-state index < -0.39 is 0 Å². The van der Waals surface area contributed by atoms with Crippen LogP contribution < -0.4 is 5.32 Å². The predicted octanol–water partition coefficient (Wildman–Crippen LogP) is 1.75. The van der Waals surface area contributed by atoms with Crippen LogP contribution in [0, 0.1) is 12.3 Å². The minimum atomic E-state index is -0.250. The second kappa shape index (κ2) is 5.94. The van der Waals surface area contributed by atoms with Gasteiger partial charge in [-0.05, 0) is 26.6 Å². The van der Waals surface area contributed by atoms with Crippen molar-refractivity contribution in [3.63, 3.8) is 0 Å². The molecule has 20 heavy (non-hydrogen) atoms. The van der Waals surface area contributed by atoms with Crippen LogP contribution in [-0.4, -0.2) is 44.7 Å². The van der Waals surface area contributed by atoms with Gasteiger partial charge in [-0.25, -0.2) is 0 Å². The van der Waals surface area contributed by atoms with Gasteiger partial charge in [0.1, 0.15) is 6.04 Å². The van der Waals surface area contributed by atoms with Crippen molar-refractivity contribution in [3.05, 3.63) is 35.4 Å². The molecule has 110 valence electrons. The van der Waals surface area contributed by atoms with E-state index in [1.165, 1.54) is 5.56 Å². The zero-order valence-corrected chi connectivity index (χ0v) is 12.8. The van der Waals surface area contributed by atoms with Crippen LogP contribution in [0.4, 0.5) is 0 Å². The minimum absolute atomic E-state index is 0.0497. The lowest BCUT2D eigenvalue weighted by Crippen LogP contribution is -2.50. The highest BCUT2D eigenvalue weighted by Crippen LogP contribution is 2.26. The van der Waals surface area contributed by atoms with Crippen LogP contribution in [0.2, 0.25) is 0 Å². The Balaban J connectivity index is 2.06. The number of nitrogens with one attached hydrogen (secondary N) is 1. The minimum Gasteiger partial charge on any atom is -0.380 e. The maximum atomic E-state index is 12.5. The Morgan fingerprint density at radius 3 is 2.65 bits per heavy atom. The second-order valence-corrected chi connectivity index (χ2v) is 6.30. The van der Waals surface area contributed by atoms with E-state index in [9.17, 15) is 4.79 Å². The zero-order valence-electron chi connectivity index (χ0n) is 12.8. The van der Waals surface area contributed by atoms with Gasteiger partial charge in [-0.3, -0.25) is 9.69 Å². The van der Waals surface area contributed by atoms with Gasteiger partial charge < -0.3 is 10.1 Å². The molecule has 1 aliphatic heterocycles. The molecule has 4 heteroatoms. The predicted molar refractivity (Wildman–Crippen MR) is 79.5 cm³/mol. The molecule has 1 atom stereocenters. The lowest BCUT2D eigenvalue weighted by atomic mass is 9.88. The number of amides is 1. The van der Waals surface area contributed by atoms with Crippen molar-refractivity contribution in [1.29, 1.82) is 0 Å². The van der Waals surface area contributed by atoms with Gasteiger partial charge in [-0.2, -0.15) is 0 Å². The van der Waals surface area contributed by atoms with Gasteiger partial charge in [0, 0.05) is 12.0 Å². The van der Waals surface area contributed by atoms with Crippen LogP contribution in [-0.2, 0) is 9.53 Å². The molecule has 1 heterocycles. The first kappa shape index (κ1) is 15.0. The number of carbonyl (C=O) groups is 1. The van der Waals surface area contributed by atoms with Gasteiger partial charge in [0.25, 0.3) is 0 Å². The number of hydrogen-bond acceptors (Lipinski definition) is 3. The van der Waals surface area contributed by atoms with Gasteiger partial charge >= 0.3 is 0 Å². The Morgan fingerprint density at radius 1 is 1.45 bits per heavy atom. The molecule has 1 fully saturated rings. The van der Waals surface area contributed by atoms with E-state index in [1.54, 1.807) is 0 Å². The third-order valence-electron chi connectivity index (χ3n) is 3.71. The quantitative estimate of drug-likeness (QED) is 0.891. The molecule has 0 bridgehead atoms. The Hall–Kier alpha value is -1.39. The van der Waals surface area contributed by atoms with Crippen LogP contribution in [0.3, 0.4) is 0 Å². The molecule has 1 amide bonds. The molecular weight excluding hydrogens is 252 g/mol. The summed E-state index contributed by atoms with van der Waals surface area (Å²) in [5.41, 5.74) is 2.29. The number of carbonyl (C=O) groups excluding carboxylic acids is 1. The van der Waals surface area contributed by atoms with Crippen molar-refractivity contribution >= 4 is 5.91 Å². The molecule has 1 aromatic rings. The molecule has 1 saturated heterocycles. The molecule has 0 aromatic heterocycles. The number of nitrogens with zero attached hydrogens (tertiary/aromatic N) is 1. The van der Waals surface area contributed by atoms with Gasteiger partial charge in [0.2, 0.25) is 5.91 Å². The first-order valence-electron chi connectivity index (χ1n) is 7.00. The van der Waals surface area contributed by atoms with Crippen molar-refractivity contribution in [2.24, 2.45) is 5.41 Å². The molecule has 0 unspecified atom stereocenters. The van der Waals surface area contributed by atoms with E-state index in [1.807, 2.05) is 44.1 Å². The topological polar surface area (TPSA) is 41.6 Å². The third-order valence-corrected chi connectivity index (χ3v) is 3.71. The summed E-state index contributed by atoms with van der Waals surface area (Å²) >= 11 is 0. The summed E-state index contributed by atoms with van der Waals surface area (Å²) in [6, 6.07) is 7.86. The normalized spacial score (nSPS) is 18.4. The Kier molecular flexibility index (Phi) is 4.45. The molecule has 0 spiro atoms. The summed E-state index contributed by atoms with van der Waals surface area (Å²) in [5, 5.41) is 3.06. The fourth-order valence-electron chi connectivity index (χ4n) is 2.47. The maximum Gasteiger partial charge on any atom is 0.241 e. The lowest BCUT2D eigenvalue weighted by Gasteiger charge is -2.38. The summed E-state index contributed by atoms with van der Waals surface area (Å²) in [4.78, 5) is 14.4. The van der Waals surface area contributed by atoms with Crippen molar-refractivity contribution in [1.82, 2.24) is 10.2 Å². The van der Waals surface area contributed by atoms with Crippen LogP contribution in [0.1, 0.15) is 24.1 Å². The highest BCUT2D eigenvalue weighted by Gasteiger charge is 2.34. The first-order chi connectivity index (χ1) is 9.41. The average molecular weight is 276 g/mol. The molecule has 2 rings (SSSR count). The van der Waals surface area contributed by atoms with Gasteiger partial charge in [0.05, 0.1) is 13.2 Å². The van der Waals surface area contributed by atoms with Crippen molar-refractivity contribution in [2.45, 2.75) is 19.9 Å². The van der Waals surface area contributed by atoms with E-state index in [0.717, 1.165) is 18.8 Å². The third kappa shape index (κ3) is 3.38. The van der Waals surface area contributed by atoms with Crippen LogP contribution >= 0.6 is 0 Å². The second-order valence-electron chi connectivity index (χ2n) is 6.30. The number of rotatable bonds is 5. The standard InChI is InChI=1S/C16H24N2O2/c1-12-6-5-7-13(8-12)14(18(3)4)15(19)17-9-16(2)10-20-11-16/h5-8,14H,9-11H2,1-4H3,(H,17,19)/t14-/m1/s1. The number of ether oxygens (including phenoxy) is 1. The first-order valence-corrected chi connectivity index (χ1v) is 7.00. The van der Waals surface area contributed by atoms with Crippen LogP contribution in [0.25, 0.3) is 0 Å². The van der Waals surface area contributed by atoms with Crippen LogP contribution in [0.5, 0.6) is 0 Å². The van der Waals surface area contributed by atoms with Gasteiger partial charge in [-0.1, -0.05) is 36.8 Å². The lowest BCUT2D eigenvalue weighted by molar-refractivity contribution is -0.131. The Labute approximate surface area is 121 Å². The van der Waals surface area contributed by atoms with E-state index in [0.29, 0.717) is 6.54 Å². The molecule has 1 aromatic carbocycles. The average Bonchev–Trinajstić information content (AvgIpc) is 2.34. The van der Waals surface area contributed by atoms with Gasteiger partial charge in [-0.15, -0.1) is 0 Å². The largest absolute Gasteiger partial charge is 0.380 e. The van der Waals surface area contributed by atoms with E-state index >= 15 is 0 Å². The highest BCUT2D eigenvalue weighted by molar-refractivity contribution is 5.83. The molecule has 0 saturated carbocycles. The van der Waals surface area contributed by atoms with Crippen molar-refractivity contribution in [2.75, 3.05) is 33.9 Å². The van der Waals surface area contributed by atoms with Crippen molar-refractivity contribution in [3.8, 4) is 0 Å². The maximum absolute atomic E-state index is 12.5. The molecular formula is C16H24N2O2. The van der Waals surface area contributed by atoms with Crippen LogP contribution in [0.15, 0.2) is 24.3 Å². The summed E-state index contributed by atoms with van der Waals surface area (Å²) in [6.07, 6.45) is 0. The van der Waals surface area contributed by atoms with E-state index in [-0.39, 0.29) is 17.4 Å². The summed E-state index contributed by atoms with van der Waals surface area (Å²) in [6.45, 7) is 6.30. The fourth-order valence-corrected chi connectivity index (χ4v) is 2.47. The number of benzene rings is 1. The molecule has 0 aliphatic carbocycles. The Morgan fingerprint density at radius 2 is 2.15 bits per heavy atom. The highest BCUT2D eigenvalue weighted by atomic mass is 16.5. The molecule has 0 radical (unpaired) electrons. The Bertz CT molecular complexity index is 481. The SMILES string of the molecule is Cc1cccc([C@H](C(=O)NCC2(C)COC2)N(C)C)c1. The van der Waals surface area contributed by atoms with E-state index in [2.05, 4.69) is 18.3 Å². The zero-order chi connectivity index (χ0) is 14.8. The van der Waals surface area contributed by atoms with Gasteiger partial charge in [0.15, 0.2) is 0 Å². The number of likely N-dealkylation sites (N-methyl/N-ethyl adjacent to an activating group) is 1. The molecule has 1 N–H and O–H groups in total. The number of hydrogen-bond donors (Lipinski definition) is 1. The fraction of sp³-hybridized carbons (Fsp3) is 0.562. The van der Waals surface area contributed by atoms with E-state index in [4.69, 9.17) is 4.74 Å². The molecule has 1 aliphatic rings. The van der Waals surface area contributed by atoms with Crippen molar-refractivity contribution < 1.29 is 9.53 Å². The monoisotopic (exact) mass is 276 g/mol. The summed E-state index contributed by atoms with van der Waals surface area (Å²) < 4.78 is 5.22. The summed E-state index contributed by atoms with van der Waals surface area (Å²) in [5.74, 6) is 0.0497. The molecule has 4 nitrogen and oxygen atoms in total. The summed E-state index contributed by atoms with van der Waals surface area (Å²) in [7, 11) is 3.86. The smallest absolute Gasteiger partial charge is 0.241 e. The number of aryl methyl sites for hydroxylation is 1.